The number of likely N-dealkylation sites (N-methyl/N-ethyl adjacent to an activating group) is 1. The number of hydrogen-bond acceptors (Lipinski definition) is 4. The molecule has 2 amide bonds. The van der Waals surface area contributed by atoms with Crippen molar-refractivity contribution < 1.29 is 18.7 Å². The summed E-state index contributed by atoms with van der Waals surface area (Å²) in [5.74, 6) is -0.0832. The highest BCUT2D eigenvalue weighted by Crippen LogP contribution is 2.17. The van der Waals surface area contributed by atoms with Gasteiger partial charge in [0.25, 0.3) is 5.91 Å². The third kappa shape index (κ3) is 4.56. The van der Waals surface area contributed by atoms with Crippen LogP contribution in [0.15, 0.2) is 18.1 Å². The molecule has 0 atom stereocenters. The number of carbonyl (C=O) groups excluding carboxylic acids is 2. The Labute approximate surface area is 140 Å². The molecule has 2 rings (SSSR count). The SMILES string of the molecule is CN1CCc2nn(C/C(=C/F)CNC(=O)OC(C)(C)C)cc2C1=O. The third-order valence-corrected chi connectivity index (χ3v) is 3.48. The number of rotatable bonds is 4. The average molecular weight is 338 g/mol. The van der Waals surface area contributed by atoms with Crippen LogP contribution >= 0.6 is 0 Å². The minimum Gasteiger partial charge on any atom is -0.444 e. The highest BCUT2D eigenvalue weighted by atomic mass is 19.1. The Balaban J connectivity index is 1.96. The van der Waals surface area contributed by atoms with E-state index in [0.717, 1.165) is 5.69 Å². The molecule has 0 fully saturated rings. The number of ether oxygens (including phenoxy) is 1. The number of alkyl carbamates (subject to hydrolysis) is 1. The molecule has 8 heteroatoms. The molecule has 1 aliphatic rings. The summed E-state index contributed by atoms with van der Waals surface area (Å²) in [4.78, 5) is 25.3. The molecule has 0 saturated carbocycles. The van der Waals surface area contributed by atoms with Gasteiger partial charge in [0, 0.05) is 32.8 Å². The molecule has 24 heavy (non-hydrogen) atoms. The predicted octanol–water partition coefficient (Wildman–Crippen LogP) is 1.89. The van der Waals surface area contributed by atoms with Crippen molar-refractivity contribution in [2.45, 2.75) is 39.3 Å². The highest BCUT2D eigenvalue weighted by molar-refractivity contribution is 5.95. The third-order valence-electron chi connectivity index (χ3n) is 3.48. The van der Waals surface area contributed by atoms with Gasteiger partial charge >= 0.3 is 6.09 Å². The zero-order valence-corrected chi connectivity index (χ0v) is 14.4. The van der Waals surface area contributed by atoms with Crippen LogP contribution in [-0.2, 0) is 17.7 Å². The van der Waals surface area contributed by atoms with Gasteiger partial charge < -0.3 is 15.0 Å². The maximum Gasteiger partial charge on any atom is 0.407 e. The Morgan fingerprint density at radius 1 is 1.50 bits per heavy atom. The summed E-state index contributed by atoms with van der Waals surface area (Å²) in [5, 5.41) is 6.83. The van der Waals surface area contributed by atoms with Gasteiger partial charge in [0.05, 0.1) is 24.1 Å². The predicted molar refractivity (Wildman–Crippen MR) is 86.3 cm³/mol. The lowest BCUT2D eigenvalue weighted by atomic mass is 10.1. The van der Waals surface area contributed by atoms with Crippen molar-refractivity contribution in [3.8, 4) is 0 Å². The van der Waals surface area contributed by atoms with Gasteiger partial charge in [0.15, 0.2) is 0 Å². The first-order chi connectivity index (χ1) is 11.2. The van der Waals surface area contributed by atoms with Crippen molar-refractivity contribution in [3.05, 3.63) is 29.4 Å². The zero-order valence-electron chi connectivity index (χ0n) is 14.4. The van der Waals surface area contributed by atoms with E-state index in [4.69, 9.17) is 4.74 Å². The highest BCUT2D eigenvalue weighted by Gasteiger charge is 2.25. The molecule has 132 valence electrons. The molecule has 0 radical (unpaired) electrons. The average Bonchev–Trinajstić information content (AvgIpc) is 2.89. The minimum atomic E-state index is -0.614. The fourth-order valence-electron chi connectivity index (χ4n) is 2.32. The van der Waals surface area contributed by atoms with Crippen LogP contribution in [0, 0.1) is 0 Å². The number of halogens is 1. The second-order valence-electron chi connectivity index (χ2n) is 6.79. The fourth-order valence-corrected chi connectivity index (χ4v) is 2.32. The normalized spacial score (nSPS) is 15.3. The Hall–Kier alpha value is -2.38. The number of fused-ring (bicyclic) bond motifs is 1. The Kier molecular flexibility index (Phi) is 5.26. The van der Waals surface area contributed by atoms with Gasteiger partial charge in [0.2, 0.25) is 0 Å². The monoisotopic (exact) mass is 338 g/mol. The maximum absolute atomic E-state index is 13.1. The lowest BCUT2D eigenvalue weighted by molar-refractivity contribution is 0.0531. The number of aromatic nitrogens is 2. The maximum atomic E-state index is 13.1. The van der Waals surface area contributed by atoms with E-state index >= 15 is 0 Å². The van der Waals surface area contributed by atoms with Crippen LogP contribution in [0.4, 0.5) is 9.18 Å². The summed E-state index contributed by atoms with van der Waals surface area (Å²) < 4.78 is 19.7. The Morgan fingerprint density at radius 2 is 2.21 bits per heavy atom. The Bertz CT molecular complexity index is 661. The van der Waals surface area contributed by atoms with Crippen LogP contribution in [0.3, 0.4) is 0 Å². The molecular formula is C16H23FN4O3. The standard InChI is InChI=1S/C16H23FN4O3/c1-16(2,3)24-15(23)18-8-11(7-17)9-21-10-12-13(19-21)5-6-20(4)14(12)22/h7,10H,5-6,8-9H2,1-4H3,(H,18,23)/b11-7+. The van der Waals surface area contributed by atoms with Crippen LogP contribution < -0.4 is 5.32 Å². The molecule has 2 heterocycles. The first-order valence-corrected chi connectivity index (χ1v) is 7.76. The van der Waals surface area contributed by atoms with E-state index in [2.05, 4.69) is 10.4 Å². The molecule has 0 saturated heterocycles. The molecule has 0 spiro atoms. The van der Waals surface area contributed by atoms with Gasteiger partial charge in [0.1, 0.15) is 5.60 Å². The van der Waals surface area contributed by atoms with E-state index in [0.29, 0.717) is 30.4 Å². The van der Waals surface area contributed by atoms with Crippen LogP contribution in [0.5, 0.6) is 0 Å². The quantitative estimate of drug-likeness (QED) is 0.909. The summed E-state index contributed by atoms with van der Waals surface area (Å²) >= 11 is 0. The van der Waals surface area contributed by atoms with Crippen molar-refractivity contribution in [1.82, 2.24) is 20.0 Å². The number of hydrogen-bond donors (Lipinski definition) is 1. The second kappa shape index (κ2) is 7.02. The van der Waals surface area contributed by atoms with Gasteiger partial charge in [-0.25, -0.2) is 9.18 Å². The molecular weight excluding hydrogens is 315 g/mol. The smallest absolute Gasteiger partial charge is 0.407 e. The van der Waals surface area contributed by atoms with Gasteiger partial charge in [-0.3, -0.25) is 9.48 Å². The molecule has 0 bridgehead atoms. The number of nitrogens with zero attached hydrogens (tertiary/aromatic N) is 3. The molecule has 7 nitrogen and oxygen atoms in total. The number of carbonyl (C=O) groups is 2. The molecule has 1 aromatic rings. The lowest BCUT2D eigenvalue weighted by Gasteiger charge is -2.20. The molecule has 1 aliphatic heterocycles. The fraction of sp³-hybridized carbons (Fsp3) is 0.562. The lowest BCUT2D eigenvalue weighted by Crippen LogP contribution is -2.34. The second-order valence-corrected chi connectivity index (χ2v) is 6.79. The van der Waals surface area contributed by atoms with E-state index in [1.807, 2.05) is 0 Å². The van der Waals surface area contributed by atoms with Gasteiger partial charge in [-0.1, -0.05) is 0 Å². The summed E-state index contributed by atoms with van der Waals surface area (Å²) in [7, 11) is 1.74. The first kappa shape index (κ1) is 18.0. The number of amides is 2. The van der Waals surface area contributed by atoms with Gasteiger partial charge in [-0.15, -0.1) is 0 Å². The van der Waals surface area contributed by atoms with Crippen molar-refractivity contribution >= 4 is 12.0 Å². The topological polar surface area (TPSA) is 76.5 Å². The van der Waals surface area contributed by atoms with E-state index < -0.39 is 11.7 Å². The summed E-state index contributed by atoms with van der Waals surface area (Å²) in [5.41, 5.74) is 0.969. The molecule has 0 aromatic carbocycles. The summed E-state index contributed by atoms with van der Waals surface area (Å²) in [6.07, 6.45) is 2.12. The van der Waals surface area contributed by atoms with Crippen LogP contribution in [0.1, 0.15) is 36.8 Å². The van der Waals surface area contributed by atoms with Crippen molar-refractivity contribution in [2.75, 3.05) is 20.1 Å². The number of nitrogens with one attached hydrogen (secondary N) is 1. The van der Waals surface area contributed by atoms with E-state index in [1.165, 1.54) is 4.68 Å². The minimum absolute atomic E-state index is 0.00376. The van der Waals surface area contributed by atoms with Gasteiger partial charge in [-0.2, -0.15) is 5.10 Å². The van der Waals surface area contributed by atoms with Crippen molar-refractivity contribution in [1.29, 1.82) is 0 Å². The summed E-state index contributed by atoms with van der Waals surface area (Å²) in [6.45, 7) is 6.03. The largest absolute Gasteiger partial charge is 0.444 e. The van der Waals surface area contributed by atoms with Crippen molar-refractivity contribution in [3.63, 3.8) is 0 Å². The van der Waals surface area contributed by atoms with Crippen LogP contribution in [-0.4, -0.2) is 52.4 Å². The van der Waals surface area contributed by atoms with Crippen LogP contribution in [0.2, 0.25) is 0 Å². The Morgan fingerprint density at radius 3 is 2.83 bits per heavy atom. The van der Waals surface area contributed by atoms with Gasteiger partial charge in [-0.05, 0) is 26.3 Å². The molecule has 0 unspecified atom stereocenters. The first-order valence-electron chi connectivity index (χ1n) is 7.76. The van der Waals surface area contributed by atoms with E-state index in [-0.39, 0.29) is 19.0 Å². The van der Waals surface area contributed by atoms with E-state index in [1.54, 1.807) is 38.9 Å². The zero-order chi connectivity index (χ0) is 17.9. The molecule has 0 aliphatic carbocycles. The van der Waals surface area contributed by atoms with E-state index in [9.17, 15) is 14.0 Å². The van der Waals surface area contributed by atoms with Crippen molar-refractivity contribution in [2.24, 2.45) is 0 Å². The summed E-state index contributed by atoms with van der Waals surface area (Å²) in [6, 6.07) is 0. The molecule has 1 aromatic heterocycles. The van der Waals surface area contributed by atoms with Crippen LogP contribution in [0.25, 0.3) is 0 Å². The molecule has 1 N–H and O–H groups in total.